The zero-order valence-electron chi connectivity index (χ0n) is 80.0. The molecule has 0 N–H and O–H groups in total. The summed E-state index contributed by atoms with van der Waals surface area (Å²) in [6, 6.07) is 159. The van der Waals surface area contributed by atoms with Crippen LogP contribution in [0.4, 0.5) is 85.3 Å². The van der Waals surface area contributed by atoms with Crippen LogP contribution in [0.3, 0.4) is 0 Å². The minimum Gasteiger partial charge on any atom is -0.311 e. The summed E-state index contributed by atoms with van der Waals surface area (Å²) < 4.78 is 0. The van der Waals surface area contributed by atoms with Gasteiger partial charge in [-0.3, -0.25) is 0 Å². The number of rotatable bonds is 41. The fourth-order valence-corrected chi connectivity index (χ4v) is 23.0. The molecule has 5 nitrogen and oxygen atoms in total. The maximum absolute atomic E-state index is 2.65. The van der Waals surface area contributed by atoms with E-state index in [1.54, 1.807) is 22.3 Å². The zero-order chi connectivity index (χ0) is 92.1. The number of anilines is 15. The van der Waals surface area contributed by atoms with Gasteiger partial charge in [0.2, 0.25) is 0 Å². The lowest BCUT2D eigenvalue weighted by atomic mass is 9.70. The number of hydrogen-bond donors (Lipinski definition) is 0. The molecule has 0 unspecified atom stereocenters. The Balaban J connectivity index is 0.618. The molecule has 0 radical (unpaired) electrons. The minimum atomic E-state index is -0.276. The third kappa shape index (κ3) is 18.9. The highest BCUT2D eigenvalue weighted by molar-refractivity contribution is 5.93. The van der Waals surface area contributed by atoms with Crippen molar-refractivity contribution in [2.24, 2.45) is 0 Å². The third-order valence-electron chi connectivity index (χ3n) is 30.4. The molecule has 4 aliphatic carbocycles. The molecule has 0 heterocycles. The van der Waals surface area contributed by atoms with E-state index >= 15 is 0 Å². The Bertz CT molecular complexity index is 6740. The lowest BCUT2D eigenvalue weighted by Gasteiger charge is -2.35. The highest BCUT2D eigenvalue weighted by Crippen LogP contribution is 2.60. The maximum Gasteiger partial charge on any atom is 0.0465 e. The second-order valence-electron chi connectivity index (χ2n) is 39.0. The van der Waals surface area contributed by atoms with Crippen molar-refractivity contribution in [1.82, 2.24) is 0 Å². The van der Waals surface area contributed by atoms with Crippen molar-refractivity contribution in [3.05, 3.63) is 474 Å². The minimum absolute atomic E-state index is 0.171. The van der Waals surface area contributed by atoms with E-state index in [-0.39, 0.29) is 10.8 Å². The van der Waals surface area contributed by atoms with Gasteiger partial charge in [0.15, 0.2) is 0 Å². The van der Waals surface area contributed by atoms with Crippen molar-refractivity contribution < 1.29 is 0 Å². The van der Waals surface area contributed by atoms with Crippen LogP contribution in [0.1, 0.15) is 198 Å². The maximum atomic E-state index is 2.65. The molecule has 0 bridgehead atoms. The van der Waals surface area contributed by atoms with E-state index in [2.05, 4.69) is 457 Å². The molecule has 0 saturated heterocycles. The van der Waals surface area contributed by atoms with Crippen LogP contribution in [-0.2, 0) is 49.4 Å². The molecule has 0 aromatic heterocycles. The molecule has 17 aromatic rings. The van der Waals surface area contributed by atoms with Crippen LogP contribution >= 0.6 is 0 Å². The molecule has 5 heteroatoms. The quantitative estimate of drug-likeness (QED) is 0.0354. The Kier molecular flexibility index (Phi) is 27.1. The van der Waals surface area contributed by atoms with Gasteiger partial charge in [-0.25, -0.2) is 0 Å². The van der Waals surface area contributed by atoms with Crippen molar-refractivity contribution in [3.63, 3.8) is 0 Å². The van der Waals surface area contributed by atoms with Gasteiger partial charge in [-0.05, 0) is 359 Å². The summed E-state index contributed by atoms with van der Waals surface area (Å²) in [4.78, 5) is 12.3. The van der Waals surface area contributed by atoms with E-state index in [0.717, 1.165) is 114 Å². The number of para-hydroxylation sites is 7. The highest BCUT2D eigenvalue weighted by Gasteiger charge is 2.46. The summed E-state index contributed by atoms with van der Waals surface area (Å²) in [5.74, 6) is 0. The molecule has 0 saturated carbocycles. The summed E-state index contributed by atoms with van der Waals surface area (Å²) in [6.07, 6.45) is 30.8. The standard InChI is InChI=1S/C132H127N5/c1-3-5-7-36-88-131(89-37-8-6-4-2)127-94-119(134(110-46-26-15-27-47-110)111-48-28-16-29-49-111)80-84-123(127)124-85-81-120(95-128(124)131)135(112-50-30-17-31-51-112)117-76-68-102(69-77-117)103-70-78-118(79-71-103)137(114-54-34-19-35-55-114)122-83-87-126-125-86-82-121(136(113-52-32-18-33-53-113)116-74-66-101(67-75-116)100-64-72-115(73-65-100)133(108-42-22-13-23-43-108)109-44-24-14-25-45-109)96-129(125)132(130(126)97-122,90-38-11-9-20-40-98-56-58-104-60-62-106(104)92-98)91-39-12-10-21-41-99-57-59-105-61-63-107(105)93-99/h13-19,22-35,42-59,64-87,92-97H,3-12,20-21,36-41,60-63,88-91H2,1-2H3. The molecule has 0 spiro atoms. The fourth-order valence-electron chi connectivity index (χ4n) is 23.0. The van der Waals surface area contributed by atoms with E-state index < -0.39 is 0 Å². The predicted octanol–water partition coefficient (Wildman–Crippen LogP) is 37.4. The molecular weight excluding hydrogens is 1660 g/mol. The number of fused-ring (bicyclic) bond motifs is 8. The second kappa shape index (κ2) is 41.5. The molecule has 0 fully saturated rings. The Morgan fingerprint density at radius 3 is 0.599 bits per heavy atom. The van der Waals surface area contributed by atoms with E-state index in [1.807, 2.05) is 0 Å². The van der Waals surface area contributed by atoms with Gasteiger partial charge in [-0.1, -0.05) is 340 Å². The van der Waals surface area contributed by atoms with Gasteiger partial charge >= 0.3 is 0 Å². The van der Waals surface area contributed by atoms with E-state index in [0.29, 0.717) is 0 Å². The van der Waals surface area contributed by atoms with E-state index in [4.69, 9.17) is 0 Å². The van der Waals surface area contributed by atoms with Crippen LogP contribution in [-0.4, -0.2) is 0 Å². The van der Waals surface area contributed by atoms with Gasteiger partial charge in [0.25, 0.3) is 0 Å². The number of unbranched alkanes of at least 4 members (excludes halogenated alkanes) is 12. The van der Waals surface area contributed by atoms with Crippen molar-refractivity contribution in [2.45, 2.75) is 192 Å². The molecule has 0 amide bonds. The smallest absolute Gasteiger partial charge is 0.0465 e. The van der Waals surface area contributed by atoms with Gasteiger partial charge in [0.05, 0.1) is 0 Å². The van der Waals surface area contributed by atoms with Gasteiger partial charge in [0.1, 0.15) is 0 Å². The van der Waals surface area contributed by atoms with Gasteiger partial charge in [-0.2, -0.15) is 0 Å². The van der Waals surface area contributed by atoms with Crippen molar-refractivity contribution in [2.75, 3.05) is 24.5 Å². The van der Waals surface area contributed by atoms with Crippen LogP contribution in [0.2, 0.25) is 0 Å². The first-order valence-electron chi connectivity index (χ1n) is 51.4. The van der Waals surface area contributed by atoms with Crippen LogP contribution in [0.25, 0.3) is 44.5 Å². The Labute approximate surface area is 814 Å². The number of nitrogens with zero attached hydrogens (tertiary/aromatic N) is 5. The molecule has 0 aliphatic heterocycles. The fraction of sp³-hybridized carbons (Fsp3) is 0.227. The average Bonchev–Trinajstić information content (AvgIpc) is 1.56. The summed E-state index contributed by atoms with van der Waals surface area (Å²) >= 11 is 0. The molecule has 4 aliphatic rings. The first kappa shape index (κ1) is 89.3. The molecule has 21 rings (SSSR count). The summed E-state index contributed by atoms with van der Waals surface area (Å²) in [5.41, 5.74) is 42.1. The summed E-state index contributed by atoms with van der Waals surface area (Å²) in [5, 5.41) is 0. The van der Waals surface area contributed by atoms with Gasteiger partial charge < -0.3 is 24.5 Å². The first-order chi connectivity index (χ1) is 67.8. The van der Waals surface area contributed by atoms with Crippen molar-refractivity contribution in [1.29, 1.82) is 0 Å². The lowest BCUT2D eigenvalue weighted by molar-refractivity contribution is 0.399. The Morgan fingerprint density at radius 1 is 0.175 bits per heavy atom. The number of hydrogen-bond acceptors (Lipinski definition) is 5. The van der Waals surface area contributed by atoms with Crippen LogP contribution in [0, 0.1) is 0 Å². The molecule has 17 aromatic carbocycles. The Morgan fingerprint density at radius 2 is 0.380 bits per heavy atom. The normalized spacial score (nSPS) is 13.1. The van der Waals surface area contributed by atoms with Gasteiger partial charge in [0, 0.05) is 96.1 Å². The largest absolute Gasteiger partial charge is 0.311 e. The zero-order valence-corrected chi connectivity index (χ0v) is 80.0. The van der Waals surface area contributed by atoms with E-state index in [1.165, 1.54) is 216 Å². The van der Waals surface area contributed by atoms with Crippen LogP contribution in [0.15, 0.2) is 419 Å². The first-order valence-corrected chi connectivity index (χ1v) is 51.4. The van der Waals surface area contributed by atoms with Crippen LogP contribution < -0.4 is 24.5 Å². The average molecular weight is 1780 g/mol. The SMILES string of the molecule is CCCCCCC1(CCCCCC)c2cc(N(c3ccccc3)c3ccccc3)ccc2-c2ccc(N(c3ccccc3)c3ccc(-c4ccc(N(c5ccccc5)c5ccc6c(c5)C(CCCCCCc5ccc7c(c5)CC7)(CCCCCCc5ccc7c(c5)CC7)c5cc(N(c7ccccc7)c7ccc(-c8ccc(N(c9ccccc9)c9ccccc9)cc8)cc7)ccc5-6)cc4)cc3)cc21. The number of aryl methyl sites for hydroxylation is 6. The second-order valence-corrected chi connectivity index (χ2v) is 39.0. The highest BCUT2D eigenvalue weighted by atomic mass is 15.2. The van der Waals surface area contributed by atoms with Crippen LogP contribution in [0.5, 0.6) is 0 Å². The summed E-state index contributed by atoms with van der Waals surface area (Å²) in [7, 11) is 0. The summed E-state index contributed by atoms with van der Waals surface area (Å²) in [6.45, 7) is 4.69. The van der Waals surface area contributed by atoms with E-state index in [9.17, 15) is 0 Å². The molecule has 137 heavy (non-hydrogen) atoms. The third-order valence-corrected chi connectivity index (χ3v) is 30.4. The van der Waals surface area contributed by atoms with Crippen molar-refractivity contribution >= 4 is 85.3 Å². The van der Waals surface area contributed by atoms with Crippen molar-refractivity contribution in [3.8, 4) is 44.5 Å². The van der Waals surface area contributed by atoms with Gasteiger partial charge in [-0.15, -0.1) is 0 Å². The number of benzene rings is 17. The lowest BCUT2D eigenvalue weighted by Crippen LogP contribution is -2.26. The molecule has 0 atom stereocenters. The topological polar surface area (TPSA) is 16.2 Å². The Hall–Kier alpha value is -14.3. The monoisotopic (exact) mass is 1780 g/mol. The molecule has 680 valence electrons. The predicted molar refractivity (Wildman–Crippen MR) is 582 cm³/mol. The molecular formula is C132H127N5.